The Morgan fingerprint density at radius 2 is 1.76 bits per heavy atom. The van der Waals surface area contributed by atoms with Crippen LogP contribution >= 0.6 is 23.2 Å². The topological polar surface area (TPSA) is 85.4 Å². The van der Waals surface area contributed by atoms with Gasteiger partial charge in [-0.05, 0) is 36.4 Å². The van der Waals surface area contributed by atoms with Crippen LogP contribution < -0.4 is 5.32 Å². The first-order valence-corrected chi connectivity index (χ1v) is 8.54. The van der Waals surface area contributed by atoms with Crippen molar-refractivity contribution < 1.29 is 27.3 Å². The summed E-state index contributed by atoms with van der Waals surface area (Å²) in [5.41, 5.74) is -0.860. The fourth-order valence-electron chi connectivity index (χ4n) is 2.44. The molecule has 0 aliphatic carbocycles. The third-order valence-corrected chi connectivity index (χ3v) is 4.42. The van der Waals surface area contributed by atoms with Crippen LogP contribution in [0.25, 0.3) is 11.3 Å². The summed E-state index contributed by atoms with van der Waals surface area (Å²) >= 11 is 11.6. The zero-order valence-electron chi connectivity index (χ0n) is 14.1. The van der Waals surface area contributed by atoms with E-state index in [9.17, 15) is 28.1 Å². The highest BCUT2D eigenvalue weighted by molar-refractivity contribution is 6.33. The number of halogens is 5. The minimum Gasteiger partial charge on any atom is -0.451 e. The SMILES string of the molecule is O=C(Nc1ccc(C(F)(F)F)c(Cl)c1)c1ccc(-c2ccc([N+](=O)[O-])cc2Cl)o1. The number of nitro groups is 1. The molecule has 1 amide bonds. The van der Waals surface area contributed by atoms with E-state index >= 15 is 0 Å². The molecule has 0 aliphatic heterocycles. The van der Waals surface area contributed by atoms with Gasteiger partial charge in [0.05, 0.1) is 20.5 Å². The maximum atomic E-state index is 12.7. The Hall–Kier alpha value is -3.04. The largest absolute Gasteiger partial charge is 0.451 e. The molecule has 0 bridgehead atoms. The van der Waals surface area contributed by atoms with Crippen LogP contribution in [0.15, 0.2) is 52.9 Å². The molecular weight excluding hydrogens is 436 g/mol. The fourth-order valence-corrected chi connectivity index (χ4v) is 2.99. The van der Waals surface area contributed by atoms with Gasteiger partial charge in [0.2, 0.25) is 0 Å². The lowest BCUT2D eigenvalue weighted by Gasteiger charge is -2.10. The number of amides is 1. The van der Waals surface area contributed by atoms with Gasteiger partial charge in [0.15, 0.2) is 5.76 Å². The Labute approximate surface area is 171 Å². The van der Waals surface area contributed by atoms with Crippen molar-refractivity contribution in [2.24, 2.45) is 0 Å². The minimum absolute atomic E-state index is 0.0410. The van der Waals surface area contributed by atoms with Crippen molar-refractivity contribution in [3.8, 4) is 11.3 Å². The number of nitro benzene ring substituents is 1. The molecule has 1 N–H and O–H groups in total. The highest BCUT2D eigenvalue weighted by Gasteiger charge is 2.33. The van der Waals surface area contributed by atoms with Crippen LogP contribution in [0.3, 0.4) is 0 Å². The summed E-state index contributed by atoms with van der Waals surface area (Å²) in [6.07, 6.45) is -4.61. The molecule has 3 rings (SSSR count). The van der Waals surface area contributed by atoms with Gasteiger partial charge in [-0.25, -0.2) is 0 Å². The zero-order valence-corrected chi connectivity index (χ0v) is 15.6. The molecule has 0 fully saturated rings. The number of non-ortho nitro benzene ring substituents is 1. The summed E-state index contributed by atoms with van der Waals surface area (Å²) in [6, 6.07) is 9.29. The summed E-state index contributed by atoms with van der Waals surface area (Å²) in [4.78, 5) is 22.4. The van der Waals surface area contributed by atoms with Crippen LogP contribution in [-0.2, 0) is 6.18 Å². The fraction of sp³-hybridized carbons (Fsp3) is 0.0556. The smallest absolute Gasteiger partial charge is 0.417 e. The van der Waals surface area contributed by atoms with E-state index in [1.165, 1.54) is 24.3 Å². The molecule has 150 valence electrons. The molecule has 6 nitrogen and oxygen atoms in total. The van der Waals surface area contributed by atoms with E-state index in [1.807, 2.05) is 0 Å². The molecule has 0 saturated carbocycles. The van der Waals surface area contributed by atoms with Gasteiger partial charge < -0.3 is 9.73 Å². The predicted octanol–water partition coefficient (Wildman–Crippen LogP) is 6.43. The number of nitrogens with one attached hydrogen (secondary N) is 1. The second kappa shape index (κ2) is 7.76. The summed E-state index contributed by atoms with van der Waals surface area (Å²) in [5, 5.41) is 12.6. The van der Waals surface area contributed by atoms with Crippen LogP contribution in [0.2, 0.25) is 10.0 Å². The Morgan fingerprint density at radius 3 is 2.34 bits per heavy atom. The molecule has 29 heavy (non-hydrogen) atoms. The van der Waals surface area contributed by atoms with Crippen molar-refractivity contribution >= 4 is 40.5 Å². The Morgan fingerprint density at radius 1 is 1.03 bits per heavy atom. The van der Waals surface area contributed by atoms with E-state index in [0.717, 1.165) is 24.3 Å². The van der Waals surface area contributed by atoms with Crippen molar-refractivity contribution in [2.75, 3.05) is 5.32 Å². The summed E-state index contributed by atoms with van der Waals surface area (Å²) in [7, 11) is 0. The second-order valence-corrected chi connectivity index (χ2v) is 6.55. The van der Waals surface area contributed by atoms with Gasteiger partial charge in [0.1, 0.15) is 5.76 Å². The van der Waals surface area contributed by atoms with Crippen LogP contribution in [0, 0.1) is 10.1 Å². The summed E-state index contributed by atoms with van der Waals surface area (Å²) < 4.78 is 43.6. The van der Waals surface area contributed by atoms with Crippen molar-refractivity contribution in [3.05, 3.63) is 80.0 Å². The van der Waals surface area contributed by atoms with Crippen LogP contribution in [0.4, 0.5) is 24.5 Å². The zero-order chi connectivity index (χ0) is 21.3. The third kappa shape index (κ3) is 4.52. The normalized spacial score (nSPS) is 11.3. The third-order valence-electron chi connectivity index (χ3n) is 3.79. The second-order valence-electron chi connectivity index (χ2n) is 5.73. The van der Waals surface area contributed by atoms with E-state index in [0.29, 0.717) is 5.56 Å². The first-order valence-electron chi connectivity index (χ1n) is 7.78. The van der Waals surface area contributed by atoms with E-state index in [2.05, 4.69) is 5.32 Å². The van der Waals surface area contributed by atoms with Gasteiger partial charge in [0, 0.05) is 23.4 Å². The van der Waals surface area contributed by atoms with Gasteiger partial charge >= 0.3 is 6.18 Å². The van der Waals surface area contributed by atoms with Crippen LogP contribution in [0.5, 0.6) is 0 Å². The van der Waals surface area contributed by atoms with E-state index in [4.69, 9.17) is 27.6 Å². The number of alkyl halides is 3. The number of hydrogen-bond acceptors (Lipinski definition) is 4. The van der Waals surface area contributed by atoms with E-state index in [-0.39, 0.29) is 27.9 Å². The Kier molecular flexibility index (Phi) is 5.54. The van der Waals surface area contributed by atoms with Crippen molar-refractivity contribution in [1.82, 2.24) is 0 Å². The van der Waals surface area contributed by atoms with Crippen molar-refractivity contribution in [1.29, 1.82) is 0 Å². The number of benzene rings is 2. The molecule has 0 atom stereocenters. The van der Waals surface area contributed by atoms with E-state index in [1.54, 1.807) is 0 Å². The number of anilines is 1. The monoisotopic (exact) mass is 444 g/mol. The van der Waals surface area contributed by atoms with Crippen molar-refractivity contribution in [3.63, 3.8) is 0 Å². The van der Waals surface area contributed by atoms with Crippen LogP contribution in [0.1, 0.15) is 16.1 Å². The Bertz CT molecular complexity index is 1110. The number of nitrogens with zero attached hydrogens (tertiary/aromatic N) is 1. The number of hydrogen-bond donors (Lipinski definition) is 1. The van der Waals surface area contributed by atoms with E-state index < -0.39 is 27.6 Å². The lowest BCUT2D eigenvalue weighted by Crippen LogP contribution is -2.12. The average molecular weight is 445 g/mol. The molecule has 0 unspecified atom stereocenters. The van der Waals surface area contributed by atoms with Gasteiger partial charge in [-0.1, -0.05) is 23.2 Å². The number of furan rings is 1. The molecule has 0 radical (unpaired) electrons. The maximum Gasteiger partial charge on any atom is 0.417 e. The van der Waals surface area contributed by atoms with Gasteiger partial charge in [-0.15, -0.1) is 0 Å². The predicted molar refractivity (Wildman–Crippen MR) is 100 cm³/mol. The lowest BCUT2D eigenvalue weighted by atomic mass is 10.1. The summed E-state index contributed by atoms with van der Waals surface area (Å²) in [6.45, 7) is 0. The molecule has 2 aromatic carbocycles. The molecule has 0 saturated heterocycles. The molecular formula is C18H9Cl2F3N2O4. The van der Waals surface area contributed by atoms with Gasteiger partial charge in [-0.2, -0.15) is 13.2 Å². The highest BCUT2D eigenvalue weighted by Crippen LogP contribution is 2.36. The first kappa shape index (κ1) is 20.7. The number of rotatable bonds is 4. The summed E-state index contributed by atoms with van der Waals surface area (Å²) in [5.74, 6) is -0.698. The lowest BCUT2D eigenvalue weighted by molar-refractivity contribution is -0.384. The van der Waals surface area contributed by atoms with Gasteiger partial charge in [0.25, 0.3) is 11.6 Å². The molecule has 1 heterocycles. The Balaban J connectivity index is 1.80. The standard InChI is InChI=1S/C18H9Cl2F3N2O4/c19-13-8-10(25(27)28)2-3-11(13)15-5-6-16(29-15)17(26)24-9-1-4-12(14(20)7-9)18(21,22)23/h1-8H,(H,24,26). The van der Waals surface area contributed by atoms with Crippen molar-refractivity contribution in [2.45, 2.75) is 6.18 Å². The van der Waals surface area contributed by atoms with Crippen LogP contribution in [-0.4, -0.2) is 10.8 Å². The minimum atomic E-state index is -4.61. The quantitative estimate of drug-likeness (QED) is 0.370. The van der Waals surface area contributed by atoms with Gasteiger partial charge in [-0.3, -0.25) is 14.9 Å². The maximum absolute atomic E-state index is 12.7. The molecule has 0 aliphatic rings. The number of carbonyl (C=O) groups is 1. The first-order chi connectivity index (χ1) is 13.6. The molecule has 0 spiro atoms. The number of carbonyl (C=O) groups excluding carboxylic acids is 1. The average Bonchev–Trinajstić information content (AvgIpc) is 3.10. The molecule has 3 aromatic rings. The molecule has 1 aromatic heterocycles. The molecule has 11 heteroatoms. The highest BCUT2D eigenvalue weighted by atomic mass is 35.5.